The second-order valence-corrected chi connectivity index (χ2v) is 13.3. The van der Waals surface area contributed by atoms with Gasteiger partial charge in [0, 0.05) is 30.0 Å². The fraction of sp³-hybridized carbons (Fsp3) is 0.316. The van der Waals surface area contributed by atoms with Crippen molar-refractivity contribution in [2.24, 2.45) is 11.7 Å². The molecule has 3 heterocycles. The number of benzene rings is 2. The zero-order chi connectivity index (χ0) is 39.4. The molecule has 1 saturated heterocycles. The molecule has 9 nitrogen and oxygen atoms in total. The number of carbonyl (C=O) groups is 2. The topological polar surface area (TPSA) is 132 Å². The smallest absolute Gasteiger partial charge is 0.381 e. The van der Waals surface area contributed by atoms with Gasteiger partial charge in [-0.1, -0.05) is 23.8 Å². The first-order chi connectivity index (χ1) is 25.9. The molecule has 3 aliphatic rings. The van der Waals surface area contributed by atoms with Crippen molar-refractivity contribution < 1.29 is 54.6 Å². The number of ether oxygens (including phenoxy) is 1. The Labute approximate surface area is 306 Å². The number of fused-ring (bicyclic) bond motifs is 3. The summed E-state index contributed by atoms with van der Waals surface area (Å²) in [6.45, 7) is -0.691. The van der Waals surface area contributed by atoms with E-state index in [1.807, 2.05) is 0 Å². The zero-order valence-electron chi connectivity index (χ0n) is 28.2. The van der Waals surface area contributed by atoms with Crippen LogP contribution in [0.4, 0.5) is 35.1 Å². The molecule has 4 aromatic rings. The van der Waals surface area contributed by atoms with Gasteiger partial charge in [0.15, 0.2) is 5.69 Å². The van der Waals surface area contributed by atoms with Crippen molar-refractivity contribution in [1.82, 2.24) is 20.1 Å². The number of primary amides is 1. The second-order valence-electron chi connectivity index (χ2n) is 13.3. The van der Waals surface area contributed by atoms with Gasteiger partial charge in [-0.2, -0.15) is 27.1 Å². The molecule has 284 valence electrons. The Morgan fingerprint density at radius 1 is 1.05 bits per heavy atom. The minimum Gasteiger partial charge on any atom is -0.381 e. The summed E-state index contributed by atoms with van der Waals surface area (Å²) >= 11 is 0. The fourth-order valence-electron chi connectivity index (χ4n) is 6.89. The van der Waals surface area contributed by atoms with Crippen molar-refractivity contribution in [3.63, 3.8) is 0 Å². The van der Waals surface area contributed by atoms with Gasteiger partial charge in [0.05, 0.1) is 36.4 Å². The average molecular weight is 770 g/mol. The SMILES string of the molecule is NC(=O)c1cc(-c2ccc(C#CC3(O)CCOCC3)nc2[C@H](Cc2cc(F)cc(F)c2)NC(=O)Cn2nc(C(F)(F)F)c3c2C(F)(F)[C@@H]2C#C[C@H]32)ccc1F. The van der Waals surface area contributed by atoms with Gasteiger partial charge in [-0.25, -0.2) is 18.2 Å². The second kappa shape index (κ2) is 13.8. The first kappa shape index (κ1) is 37.5. The summed E-state index contributed by atoms with van der Waals surface area (Å²) in [6, 6.07) is 7.17. The normalized spacial score (nSPS) is 19.4. The van der Waals surface area contributed by atoms with Gasteiger partial charge in [0.2, 0.25) is 5.91 Å². The molecule has 0 radical (unpaired) electrons. The molecule has 17 heteroatoms. The number of amides is 2. The number of pyridine rings is 1. The first-order valence-electron chi connectivity index (χ1n) is 16.7. The van der Waals surface area contributed by atoms with Crippen molar-refractivity contribution in [1.29, 1.82) is 0 Å². The third-order valence-corrected chi connectivity index (χ3v) is 9.53. The summed E-state index contributed by atoms with van der Waals surface area (Å²) in [5, 5.41) is 16.8. The van der Waals surface area contributed by atoms with Crippen LogP contribution >= 0.6 is 0 Å². The number of hydrogen-bond acceptors (Lipinski definition) is 6. The van der Waals surface area contributed by atoms with E-state index in [0.717, 1.165) is 24.3 Å². The number of carbonyl (C=O) groups excluding carboxylic acids is 2. The quantitative estimate of drug-likeness (QED) is 0.165. The molecule has 0 saturated carbocycles. The number of aromatic nitrogens is 3. The molecule has 2 amide bonds. The van der Waals surface area contributed by atoms with E-state index in [1.54, 1.807) is 0 Å². The van der Waals surface area contributed by atoms with Crippen LogP contribution in [-0.4, -0.2) is 50.5 Å². The number of nitrogens with zero attached hydrogens (tertiary/aromatic N) is 3. The number of rotatable bonds is 8. The van der Waals surface area contributed by atoms with Crippen LogP contribution in [0.1, 0.15) is 69.1 Å². The summed E-state index contributed by atoms with van der Waals surface area (Å²) in [6.07, 6.45) is -5.24. The Balaban J connectivity index is 1.33. The summed E-state index contributed by atoms with van der Waals surface area (Å²) in [5.41, 5.74) is -0.0405. The molecule has 3 atom stereocenters. The van der Waals surface area contributed by atoms with Gasteiger partial charge in [-0.05, 0) is 59.9 Å². The number of nitrogens with one attached hydrogen (secondary N) is 1. The average Bonchev–Trinajstić information content (AvgIpc) is 3.52. The van der Waals surface area contributed by atoms with Crippen LogP contribution in [0.2, 0.25) is 0 Å². The van der Waals surface area contributed by atoms with Gasteiger partial charge in [0.1, 0.15) is 46.9 Å². The maximum absolute atomic E-state index is 15.4. The third kappa shape index (κ3) is 7.25. The van der Waals surface area contributed by atoms with Gasteiger partial charge < -0.3 is 20.9 Å². The third-order valence-electron chi connectivity index (χ3n) is 9.53. The summed E-state index contributed by atoms with van der Waals surface area (Å²) < 4.78 is 122. The largest absolute Gasteiger partial charge is 0.435 e. The van der Waals surface area contributed by atoms with Crippen LogP contribution in [0.15, 0.2) is 48.5 Å². The molecule has 4 N–H and O–H groups in total. The summed E-state index contributed by atoms with van der Waals surface area (Å²) in [5.74, 6) is -2.25. The molecule has 1 aliphatic heterocycles. The summed E-state index contributed by atoms with van der Waals surface area (Å²) in [7, 11) is 0. The van der Waals surface area contributed by atoms with Crippen molar-refractivity contribution in [2.45, 2.75) is 55.5 Å². The van der Waals surface area contributed by atoms with Crippen LogP contribution in [0.5, 0.6) is 0 Å². The minimum absolute atomic E-state index is 0.00964. The molecule has 2 aromatic heterocycles. The van der Waals surface area contributed by atoms with E-state index in [9.17, 15) is 41.0 Å². The lowest BCUT2D eigenvalue weighted by molar-refractivity contribution is -0.142. The van der Waals surface area contributed by atoms with Gasteiger partial charge in [-0.15, -0.1) is 0 Å². The molecule has 0 unspecified atom stereocenters. The molecule has 2 aromatic carbocycles. The Morgan fingerprint density at radius 3 is 2.40 bits per heavy atom. The molecule has 1 fully saturated rings. The van der Waals surface area contributed by atoms with Crippen molar-refractivity contribution >= 4 is 11.8 Å². The van der Waals surface area contributed by atoms with Crippen molar-refractivity contribution in [3.05, 3.63) is 105 Å². The highest BCUT2D eigenvalue weighted by Crippen LogP contribution is 2.58. The fourth-order valence-corrected chi connectivity index (χ4v) is 6.89. The van der Waals surface area contributed by atoms with E-state index in [1.165, 1.54) is 18.2 Å². The number of nitrogens with two attached hydrogens (primary N) is 1. The molecular weight excluding hydrogens is 742 g/mol. The molecule has 7 rings (SSSR count). The first-order valence-corrected chi connectivity index (χ1v) is 16.7. The highest BCUT2D eigenvalue weighted by atomic mass is 19.4. The zero-order valence-corrected chi connectivity index (χ0v) is 28.2. The molecule has 0 spiro atoms. The van der Waals surface area contributed by atoms with E-state index in [-0.39, 0.29) is 58.8 Å². The lowest BCUT2D eigenvalue weighted by Crippen LogP contribution is -2.36. The summed E-state index contributed by atoms with van der Waals surface area (Å²) in [4.78, 5) is 30.4. The number of hydrogen-bond donors (Lipinski definition) is 3. The maximum atomic E-state index is 15.4. The van der Waals surface area contributed by atoms with Crippen LogP contribution < -0.4 is 11.1 Å². The van der Waals surface area contributed by atoms with Gasteiger partial charge in [0.25, 0.3) is 5.91 Å². The van der Waals surface area contributed by atoms with Gasteiger partial charge in [-0.3, -0.25) is 14.3 Å². The maximum Gasteiger partial charge on any atom is 0.435 e. The van der Waals surface area contributed by atoms with E-state index < -0.39 is 100 Å². The van der Waals surface area contributed by atoms with Crippen molar-refractivity contribution in [3.8, 4) is 34.8 Å². The minimum atomic E-state index is -5.16. The molecule has 0 bridgehead atoms. The van der Waals surface area contributed by atoms with E-state index in [4.69, 9.17) is 10.5 Å². The van der Waals surface area contributed by atoms with Crippen LogP contribution in [-0.2, 0) is 34.6 Å². The Morgan fingerprint density at radius 2 is 1.76 bits per heavy atom. The lowest BCUT2D eigenvalue weighted by Gasteiger charge is -2.26. The van der Waals surface area contributed by atoms with E-state index in [2.05, 4.69) is 39.1 Å². The van der Waals surface area contributed by atoms with E-state index in [0.29, 0.717) is 6.07 Å². The van der Waals surface area contributed by atoms with Crippen LogP contribution in [0.25, 0.3) is 11.1 Å². The molecule has 55 heavy (non-hydrogen) atoms. The monoisotopic (exact) mass is 769 g/mol. The lowest BCUT2D eigenvalue weighted by atomic mass is 9.84. The number of aliphatic hydroxyl groups is 1. The Kier molecular flexibility index (Phi) is 9.43. The standard InChI is InChI=1S/C38H27F8N5O4/c39-21-13-19(14-22(40)17-21)15-29(49-30(52)18-51-34-31(33(50-51)38(44,45)46)25-4-5-27(25)37(34,42)43)32-24(20-1-6-28(41)26(16-20)35(47)53)3-2-23(48-32)7-8-36(54)9-11-55-12-10-36/h1-3,6,13-14,16-17,25,27,29,54H,9-12,15,18H2,(H2,47,53)(H,49,52)/t25-,27+,29-/m0/s1. The van der Waals surface area contributed by atoms with Gasteiger partial charge >= 0.3 is 12.1 Å². The van der Waals surface area contributed by atoms with Crippen molar-refractivity contribution in [2.75, 3.05) is 13.2 Å². The van der Waals surface area contributed by atoms with E-state index >= 15 is 8.78 Å². The molecular formula is C38H27F8N5O4. The van der Waals surface area contributed by atoms with Crippen LogP contribution in [0, 0.1) is 47.1 Å². The molecule has 2 aliphatic carbocycles. The van der Waals surface area contributed by atoms with Crippen LogP contribution in [0.3, 0.4) is 0 Å². The Hall–Kier alpha value is -5.78. The highest BCUT2D eigenvalue weighted by Gasteiger charge is 2.62. The highest BCUT2D eigenvalue weighted by molar-refractivity contribution is 5.94. The predicted octanol–water partition coefficient (Wildman–Crippen LogP) is 5.30. The predicted molar refractivity (Wildman–Crippen MR) is 176 cm³/mol. The Bertz CT molecular complexity index is 2350. The number of alkyl halides is 5. The number of halogens is 8.